The summed E-state index contributed by atoms with van der Waals surface area (Å²) in [5, 5.41) is 0. The number of allylic oxidation sites excluding steroid dienone is 4. The summed E-state index contributed by atoms with van der Waals surface area (Å²) in [5.41, 5.74) is 0. The number of unbranched alkanes of at least 4 members (excludes halogenated alkanes) is 3. The van der Waals surface area contributed by atoms with Gasteiger partial charge in [-0.3, -0.25) is 0 Å². The lowest BCUT2D eigenvalue weighted by Gasteiger charge is -1.89. The third kappa shape index (κ3) is 9.48. The van der Waals surface area contributed by atoms with Gasteiger partial charge >= 0.3 is 0 Å². The van der Waals surface area contributed by atoms with Gasteiger partial charge < -0.3 is 0 Å². The molecule has 0 heterocycles. The predicted molar refractivity (Wildman–Crippen MR) is 52.4 cm³/mol. The van der Waals surface area contributed by atoms with Gasteiger partial charge in [-0.25, -0.2) is 0 Å². The van der Waals surface area contributed by atoms with Crippen LogP contribution in [0.4, 0.5) is 0 Å². The maximum absolute atomic E-state index is 3.71. The van der Waals surface area contributed by atoms with Gasteiger partial charge in [-0.1, -0.05) is 44.1 Å². The Balaban J connectivity index is 3.09. The Labute approximate surface area is 71.0 Å². The molecule has 0 aromatic rings. The smallest absolute Gasteiger partial charge is 0.0347 e. The summed E-state index contributed by atoms with van der Waals surface area (Å²) in [7, 11) is 0. The van der Waals surface area contributed by atoms with Crippen molar-refractivity contribution < 1.29 is 0 Å². The van der Waals surface area contributed by atoms with E-state index in [9.17, 15) is 0 Å². The molecule has 11 heavy (non-hydrogen) atoms. The highest BCUT2D eigenvalue weighted by molar-refractivity contribution is 5.02. The molecule has 0 fully saturated rings. The van der Waals surface area contributed by atoms with Crippen molar-refractivity contribution in [2.75, 3.05) is 0 Å². The molecule has 0 atom stereocenters. The van der Waals surface area contributed by atoms with E-state index < -0.39 is 0 Å². The summed E-state index contributed by atoms with van der Waals surface area (Å²) >= 11 is 0. The molecule has 0 aliphatic heterocycles. The van der Waals surface area contributed by atoms with Crippen LogP contribution in [0.3, 0.4) is 0 Å². The molecule has 0 aromatic carbocycles. The third-order valence-electron chi connectivity index (χ3n) is 1.52. The summed E-state index contributed by atoms with van der Waals surface area (Å²) in [4.78, 5) is 0. The first-order chi connectivity index (χ1) is 5.41. The average Bonchev–Trinajstić information content (AvgIpc) is 2.03. The molecule has 1 radical (unpaired) electrons. The molecule has 0 aliphatic rings. The first kappa shape index (κ1) is 10.5. The van der Waals surface area contributed by atoms with Gasteiger partial charge in [-0.05, 0) is 26.2 Å². The van der Waals surface area contributed by atoms with Gasteiger partial charge in [0.1, 0.15) is 0 Å². The van der Waals surface area contributed by atoms with Crippen LogP contribution >= 0.6 is 0 Å². The second-order valence-electron chi connectivity index (χ2n) is 2.64. The number of hydrogen-bond acceptors (Lipinski definition) is 0. The highest BCUT2D eigenvalue weighted by Crippen LogP contribution is 1.99. The largest absolute Gasteiger partial charge is 0.0845 e. The fraction of sp³-hybridized carbons (Fsp3) is 0.545. The molecule has 0 N–H and O–H groups in total. The Bertz CT molecular complexity index is 109. The summed E-state index contributed by atoms with van der Waals surface area (Å²) in [6, 6.07) is 0. The molecule has 0 spiro atoms. The van der Waals surface area contributed by atoms with Crippen molar-refractivity contribution >= 4 is 0 Å². The monoisotopic (exact) mass is 151 g/mol. The van der Waals surface area contributed by atoms with Crippen molar-refractivity contribution in [1.29, 1.82) is 0 Å². The minimum absolute atomic E-state index is 0.888. The zero-order valence-corrected chi connectivity index (χ0v) is 7.55. The van der Waals surface area contributed by atoms with Crippen LogP contribution in [0.1, 0.15) is 39.0 Å². The van der Waals surface area contributed by atoms with E-state index in [0.717, 1.165) is 6.42 Å². The van der Waals surface area contributed by atoms with Crippen LogP contribution < -0.4 is 0 Å². The molecule has 0 unspecified atom stereocenters. The van der Waals surface area contributed by atoms with Gasteiger partial charge in [-0.2, -0.15) is 0 Å². The van der Waals surface area contributed by atoms with Crippen molar-refractivity contribution in [2.24, 2.45) is 0 Å². The highest BCUT2D eigenvalue weighted by Gasteiger charge is 1.79. The molecular weight excluding hydrogens is 132 g/mol. The van der Waals surface area contributed by atoms with E-state index in [4.69, 9.17) is 0 Å². The summed E-state index contributed by atoms with van der Waals surface area (Å²) < 4.78 is 0. The van der Waals surface area contributed by atoms with E-state index in [0.29, 0.717) is 0 Å². The molecule has 0 aromatic heterocycles. The van der Waals surface area contributed by atoms with E-state index in [1.54, 1.807) is 0 Å². The lowest BCUT2D eigenvalue weighted by atomic mass is 10.2. The van der Waals surface area contributed by atoms with Crippen LogP contribution in [0.5, 0.6) is 0 Å². The molecule has 0 bridgehead atoms. The Kier molecular flexibility index (Phi) is 9.03. The lowest BCUT2D eigenvalue weighted by molar-refractivity contribution is 0.729. The summed E-state index contributed by atoms with van der Waals surface area (Å²) in [5.74, 6) is 0. The van der Waals surface area contributed by atoms with Crippen LogP contribution in [-0.4, -0.2) is 0 Å². The van der Waals surface area contributed by atoms with Gasteiger partial charge in [0.2, 0.25) is 0 Å². The van der Waals surface area contributed by atoms with Crippen LogP contribution in [0, 0.1) is 6.92 Å². The van der Waals surface area contributed by atoms with Gasteiger partial charge in [0.25, 0.3) is 0 Å². The maximum Gasteiger partial charge on any atom is -0.0347 e. The van der Waals surface area contributed by atoms with Gasteiger partial charge in [-0.15, -0.1) is 0 Å². The molecule has 0 amide bonds. The topological polar surface area (TPSA) is 0 Å². The maximum atomic E-state index is 3.71. The fourth-order valence-electron chi connectivity index (χ4n) is 0.862. The first-order valence-corrected chi connectivity index (χ1v) is 4.52. The van der Waals surface area contributed by atoms with E-state index in [1.807, 2.05) is 0 Å². The molecular formula is C11H19. The van der Waals surface area contributed by atoms with Gasteiger partial charge in [0, 0.05) is 0 Å². The molecule has 63 valence electrons. The van der Waals surface area contributed by atoms with Crippen molar-refractivity contribution in [3.63, 3.8) is 0 Å². The van der Waals surface area contributed by atoms with Crippen LogP contribution in [0.15, 0.2) is 24.3 Å². The van der Waals surface area contributed by atoms with E-state index in [1.165, 1.54) is 25.7 Å². The molecule has 0 rings (SSSR count). The van der Waals surface area contributed by atoms with Crippen molar-refractivity contribution in [3.05, 3.63) is 31.2 Å². The van der Waals surface area contributed by atoms with Crippen molar-refractivity contribution in [1.82, 2.24) is 0 Å². The van der Waals surface area contributed by atoms with Crippen molar-refractivity contribution in [2.45, 2.75) is 39.0 Å². The Morgan fingerprint density at radius 3 is 2.45 bits per heavy atom. The zero-order chi connectivity index (χ0) is 8.36. The van der Waals surface area contributed by atoms with Crippen LogP contribution in [0.2, 0.25) is 0 Å². The number of hydrogen-bond donors (Lipinski definition) is 0. The first-order valence-electron chi connectivity index (χ1n) is 4.52. The molecule has 0 aliphatic carbocycles. The Morgan fingerprint density at radius 1 is 1.09 bits per heavy atom. The van der Waals surface area contributed by atoms with E-state index in [2.05, 4.69) is 38.2 Å². The average molecular weight is 151 g/mol. The molecule has 0 saturated heterocycles. The number of rotatable bonds is 6. The zero-order valence-electron chi connectivity index (χ0n) is 7.55. The third-order valence-corrected chi connectivity index (χ3v) is 1.52. The second-order valence-corrected chi connectivity index (χ2v) is 2.64. The summed E-state index contributed by atoms with van der Waals surface area (Å²) in [6.45, 7) is 5.94. The lowest BCUT2D eigenvalue weighted by Crippen LogP contribution is -1.69. The van der Waals surface area contributed by atoms with Crippen molar-refractivity contribution in [3.8, 4) is 0 Å². The van der Waals surface area contributed by atoms with Crippen LogP contribution in [0.25, 0.3) is 0 Å². The van der Waals surface area contributed by atoms with E-state index >= 15 is 0 Å². The van der Waals surface area contributed by atoms with Crippen LogP contribution in [-0.2, 0) is 0 Å². The quantitative estimate of drug-likeness (QED) is 0.399. The minimum atomic E-state index is 0.888. The SMILES string of the molecule is [CH2]CC=CC=CCCCCC. The Morgan fingerprint density at radius 2 is 1.82 bits per heavy atom. The highest BCUT2D eigenvalue weighted by atomic mass is 13.9. The van der Waals surface area contributed by atoms with Gasteiger partial charge in [0.05, 0.1) is 0 Å². The standard InChI is InChI=1S/C11H19/c1-3-5-7-9-11-10-8-6-4-2/h5,7,9,11H,1,3-4,6,8,10H2,2H3. The Hall–Kier alpha value is -0.520. The minimum Gasteiger partial charge on any atom is -0.0845 e. The summed E-state index contributed by atoms with van der Waals surface area (Å²) in [6.07, 6.45) is 14.6. The second kappa shape index (κ2) is 9.48. The molecule has 0 saturated carbocycles. The predicted octanol–water partition coefficient (Wildman–Crippen LogP) is 3.90. The fourth-order valence-corrected chi connectivity index (χ4v) is 0.862. The van der Waals surface area contributed by atoms with E-state index in [-0.39, 0.29) is 0 Å². The normalized spacial score (nSPS) is 11.8. The molecule has 0 heteroatoms. The van der Waals surface area contributed by atoms with Gasteiger partial charge in [0.15, 0.2) is 0 Å². The molecule has 0 nitrogen and oxygen atoms in total.